The fraction of sp³-hybridized carbons (Fsp3) is 0.167. The van der Waals surface area contributed by atoms with Crippen LogP contribution < -0.4 is 11.2 Å². The van der Waals surface area contributed by atoms with E-state index in [1.807, 2.05) is 6.92 Å². The van der Waals surface area contributed by atoms with Gasteiger partial charge < -0.3 is 15.4 Å². The second-order valence-corrected chi connectivity index (χ2v) is 4.26. The summed E-state index contributed by atoms with van der Waals surface area (Å²) in [5.41, 5.74) is 5.65. The Kier molecular flexibility index (Phi) is 3.00. The van der Waals surface area contributed by atoms with Crippen LogP contribution in [0, 0.1) is 0 Å². The molecule has 0 saturated carbocycles. The van der Waals surface area contributed by atoms with Gasteiger partial charge in [-0.3, -0.25) is 4.79 Å². The molecule has 5 nitrogen and oxygen atoms in total. The van der Waals surface area contributed by atoms with Gasteiger partial charge in [-0.1, -0.05) is 11.6 Å². The summed E-state index contributed by atoms with van der Waals surface area (Å²) in [5.74, 6) is -1.25. The van der Waals surface area contributed by atoms with Crippen molar-refractivity contribution in [1.29, 1.82) is 0 Å². The number of benzene rings is 1. The van der Waals surface area contributed by atoms with Crippen LogP contribution in [0.15, 0.2) is 23.1 Å². The molecule has 0 atom stereocenters. The summed E-state index contributed by atoms with van der Waals surface area (Å²) < 4.78 is 1.66. The van der Waals surface area contributed by atoms with Crippen LogP contribution in [0.1, 0.15) is 17.3 Å². The number of nitrogen functional groups attached to an aromatic ring is 1. The lowest BCUT2D eigenvalue weighted by atomic mass is 10.1. The Bertz CT molecular complexity index is 707. The number of carboxylic acids is 1. The second kappa shape index (κ2) is 4.34. The van der Waals surface area contributed by atoms with Gasteiger partial charge in [-0.05, 0) is 19.1 Å². The molecule has 0 fully saturated rings. The largest absolute Gasteiger partial charge is 0.477 e. The Morgan fingerprint density at radius 2 is 2.17 bits per heavy atom. The molecule has 6 heteroatoms. The number of aryl methyl sites for hydroxylation is 1. The Labute approximate surface area is 107 Å². The summed E-state index contributed by atoms with van der Waals surface area (Å²) in [6.07, 6.45) is 1.32. The molecule has 2 rings (SSSR count). The zero-order valence-corrected chi connectivity index (χ0v) is 10.4. The van der Waals surface area contributed by atoms with E-state index in [1.54, 1.807) is 10.6 Å². The van der Waals surface area contributed by atoms with Crippen molar-refractivity contribution in [2.45, 2.75) is 13.5 Å². The van der Waals surface area contributed by atoms with Crippen molar-refractivity contribution in [3.05, 3.63) is 39.1 Å². The summed E-state index contributed by atoms with van der Waals surface area (Å²) >= 11 is 5.91. The third kappa shape index (κ3) is 1.82. The lowest BCUT2D eigenvalue weighted by Gasteiger charge is -2.11. The van der Waals surface area contributed by atoms with E-state index in [9.17, 15) is 9.59 Å². The number of hydrogen-bond acceptors (Lipinski definition) is 3. The van der Waals surface area contributed by atoms with Crippen LogP contribution in [-0.2, 0) is 6.54 Å². The number of carboxylic acid groups (broad SMARTS) is 1. The zero-order chi connectivity index (χ0) is 13.4. The molecule has 3 N–H and O–H groups in total. The number of pyridine rings is 1. The van der Waals surface area contributed by atoms with Gasteiger partial charge in [-0.25, -0.2) is 4.79 Å². The standard InChI is InChI=1S/C12H11ClN2O3/c1-2-15-5-7(12(17)18)11(16)6-3-9(14)8(13)4-10(6)15/h3-5H,2,14H2,1H3,(H,17,18). The smallest absolute Gasteiger partial charge is 0.341 e. The van der Waals surface area contributed by atoms with Crippen LogP contribution in [0.5, 0.6) is 0 Å². The number of nitrogens with zero attached hydrogens (tertiary/aromatic N) is 1. The highest BCUT2D eigenvalue weighted by Crippen LogP contribution is 2.24. The lowest BCUT2D eigenvalue weighted by molar-refractivity contribution is 0.0695. The van der Waals surface area contributed by atoms with Crippen LogP contribution in [0.2, 0.25) is 5.02 Å². The van der Waals surface area contributed by atoms with E-state index in [1.165, 1.54) is 12.3 Å². The molecule has 0 amide bonds. The number of rotatable bonds is 2. The topological polar surface area (TPSA) is 85.3 Å². The molecule has 1 aromatic carbocycles. The number of halogens is 1. The van der Waals surface area contributed by atoms with Crippen LogP contribution >= 0.6 is 11.6 Å². The van der Waals surface area contributed by atoms with Crippen molar-refractivity contribution in [2.75, 3.05) is 5.73 Å². The minimum atomic E-state index is -1.25. The van der Waals surface area contributed by atoms with Gasteiger partial charge in [0.1, 0.15) is 5.56 Å². The Hall–Kier alpha value is -2.01. The van der Waals surface area contributed by atoms with E-state index in [0.29, 0.717) is 17.1 Å². The maximum absolute atomic E-state index is 12.0. The van der Waals surface area contributed by atoms with Gasteiger partial charge in [-0.15, -0.1) is 0 Å². The molecule has 1 heterocycles. The molecule has 0 aliphatic rings. The fourth-order valence-electron chi connectivity index (χ4n) is 1.84. The first-order valence-electron chi connectivity index (χ1n) is 5.31. The Morgan fingerprint density at radius 3 is 2.72 bits per heavy atom. The zero-order valence-electron chi connectivity index (χ0n) is 9.61. The summed E-state index contributed by atoms with van der Waals surface area (Å²) in [4.78, 5) is 23.0. The number of fused-ring (bicyclic) bond motifs is 1. The van der Waals surface area contributed by atoms with E-state index in [4.69, 9.17) is 22.4 Å². The maximum Gasteiger partial charge on any atom is 0.341 e. The third-order valence-electron chi connectivity index (χ3n) is 2.77. The molecule has 0 saturated heterocycles. The van der Waals surface area contributed by atoms with Crippen molar-refractivity contribution in [1.82, 2.24) is 4.57 Å². The highest BCUT2D eigenvalue weighted by Gasteiger charge is 2.15. The van der Waals surface area contributed by atoms with Crippen LogP contribution in [-0.4, -0.2) is 15.6 Å². The lowest BCUT2D eigenvalue weighted by Crippen LogP contribution is -2.18. The van der Waals surface area contributed by atoms with E-state index in [0.717, 1.165) is 0 Å². The first-order valence-corrected chi connectivity index (χ1v) is 5.69. The van der Waals surface area contributed by atoms with Gasteiger partial charge in [0.25, 0.3) is 0 Å². The fourth-order valence-corrected chi connectivity index (χ4v) is 2.00. The van der Waals surface area contributed by atoms with Gasteiger partial charge in [0.2, 0.25) is 5.43 Å². The minimum Gasteiger partial charge on any atom is -0.477 e. The number of hydrogen-bond donors (Lipinski definition) is 2. The van der Waals surface area contributed by atoms with Gasteiger partial charge in [-0.2, -0.15) is 0 Å². The highest BCUT2D eigenvalue weighted by molar-refractivity contribution is 6.33. The molecular formula is C12H11ClN2O3. The van der Waals surface area contributed by atoms with Gasteiger partial charge in [0.05, 0.1) is 16.2 Å². The minimum absolute atomic E-state index is 0.256. The molecule has 2 aromatic rings. The maximum atomic E-state index is 12.0. The number of aromatic nitrogens is 1. The summed E-state index contributed by atoms with van der Waals surface area (Å²) in [6, 6.07) is 2.99. The average Bonchev–Trinajstić information content (AvgIpc) is 2.32. The summed E-state index contributed by atoms with van der Waals surface area (Å²) in [5, 5.41) is 9.60. The normalized spacial score (nSPS) is 10.8. The number of anilines is 1. The molecule has 0 aliphatic heterocycles. The molecule has 0 bridgehead atoms. The van der Waals surface area contributed by atoms with Crippen molar-refractivity contribution >= 4 is 34.2 Å². The molecule has 0 unspecified atom stereocenters. The van der Waals surface area contributed by atoms with Gasteiger partial charge >= 0.3 is 5.97 Å². The van der Waals surface area contributed by atoms with Crippen LogP contribution in [0.4, 0.5) is 5.69 Å². The highest BCUT2D eigenvalue weighted by atomic mass is 35.5. The van der Waals surface area contributed by atoms with E-state index in [-0.39, 0.29) is 16.6 Å². The van der Waals surface area contributed by atoms with Crippen molar-refractivity contribution in [2.24, 2.45) is 0 Å². The van der Waals surface area contributed by atoms with Gasteiger partial charge in [0, 0.05) is 18.1 Å². The Balaban J connectivity index is 2.99. The summed E-state index contributed by atoms with van der Waals surface area (Å²) in [6.45, 7) is 2.37. The van der Waals surface area contributed by atoms with Crippen LogP contribution in [0.25, 0.3) is 10.9 Å². The number of nitrogens with two attached hydrogens (primary N) is 1. The molecule has 0 radical (unpaired) electrons. The predicted octanol–water partition coefficient (Wildman–Crippen LogP) is 1.96. The van der Waals surface area contributed by atoms with Gasteiger partial charge in [0.15, 0.2) is 0 Å². The predicted molar refractivity (Wildman–Crippen MR) is 70.3 cm³/mol. The molecule has 0 spiro atoms. The Morgan fingerprint density at radius 1 is 1.50 bits per heavy atom. The second-order valence-electron chi connectivity index (χ2n) is 3.85. The average molecular weight is 267 g/mol. The molecule has 0 aliphatic carbocycles. The first-order chi connectivity index (χ1) is 8.45. The molecule has 94 valence electrons. The monoisotopic (exact) mass is 266 g/mol. The van der Waals surface area contributed by atoms with E-state index in [2.05, 4.69) is 0 Å². The van der Waals surface area contributed by atoms with Crippen LogP contribution in [0.3, 0.4) is 0 Å². The molecule has 1 aromatic heterocycles. The van der Waals surface area contributed by atoms with Crippen molar-refractivity contribution < 1.29 is 9.90 Å². The van der Waals surface area contributed by atoms with Crippen molar-refractivity contribution in [3.63, 3.8) is 0 Å². The first kappa shape index (κ1) is 12.4. The third-order valence-corrected chi connectivity index (χ3v) is 3.10. The van der Waals surface area contributed by atoms with Crippen molar-refractivity contribution in [3.8, 4) is 0 Å². The number of carbonyl (C=O) groups is 1. The quantitative estimate of drug-likeness (QED) is 0.814. The molecule has 18 heavy (non-hydrogen) atoms. The SMILES string of the molecule is CCn1cc(C(=O)O)c(=O)c2cc(N)c(Cl)cc21. The summed E-state index contributed by atoms with van der Waals surface area (Å²) in [7, 11) is 0. The number of aromatic carboxylic acids is 1. The van der Waals surface area contributed by atoms with E-state index < -0.39 is 11.4 Å². The molecular weight excluding hydrogens is 256 g/mol. The van der Waals surface area contributed by atoms with E-state index >= 15 is 0 Å².